The zero-order chi connectivity index (χ0) is 19.3. The molecule has 4 heteroatoms. The number of fused-ring (bicyclic) bond motifs is 1. The van der Waals surface area contributed by atoms with Crippen LogP contribution >= 0.6 is 22.6 Å². The summed E-state index contributed by atoms with van der Waals surface area (Å²) in [6.07, 6.45) is 18.2. The number of ether oxygens (including phenoxy) is 1. The predicted molar refractivity (Wildman–Crippen MR) is 124 cm³/mol. The Kier molecular flexibility index (Phi) is 7.08. The van der Waals surface area contributed by atoms with E-state index in [1.165, 1.54) is 63.4 Å². The fourth-order valence-corrected chi connectivity index (χ4v) is 5.69. The van der Waals surface area contributed by atoms with E-state index < -0.39 is 0 Å². The van der Waals surface area contributed by atoms with Crippen molar-refractivity contribution in [2.45, 2.75) is 93.5 Å². The molecule has 0 saturated heterocycles. The van der Waals surface area contributed by atoms with Crippen LogP contribution in [0.25, 0.3) is 11.0 Å². The Hall–Kier alpha value is -0.910. The summed E-state index contributed by atoms with van der Waals surface area (Å²) in [5.74, 6) is 2.38. The Bertz CT molecular complexity index is 772. The lowest BCUT2D eigenvalue weighted by Gasteiger charge is -2.27. The molecule has 0 aliphatic heterocycles. The molecule has 4 rings (SSSR count). The molecule has 3 nitrogen and oxygen atoms in total. The third-order valence-electron chi connectivity index (χ3n) is 6.62. The molecule has 28 heavy (non-hydrogen) atoms. The van der Waals surface area contributed by atoms with Crippen LogP contribution in [0.2, 0.25) is 0 Å². The number of halogens is 1. The van der Waals surface area contributed by atoms with Gasteiger partial charge >= 0.3 is 0 Å². The topological polar surface area (TPSA) is 35.0 Å². The lowest BCUT2D eigenvalue weighted by molar-refractivity contribution is 0.160. The number of aromatic nitrogens is 2. The van der Waals surface area contributed by atoms with Crippen molar-refractivity contribution in [3.8, 4) is 5.75 Å². The van der Waals surface area contributed by atoms with Crippen LogP contribution in [0.5, 0.6) is 5.75 Å². The van der Waals surface area contributed by atoms with Crippen LogP contribution in [0.3, 0.4) is 0 Å². The average Bonchev–Trinajstić information content (AvgIpc) is 2.81. The first-order valence-corrected chi connectivity index (χ1v) is 12.5. The van der Waals surface area contributed by atoms with Crippen molar-refractivity contribution >= 4 is 33.6 Å². The van der Waals surface area contributed by atoms with E-state index in [2.05, 4.69) is 51.6 Å². The number of alkyl halides is 1. The molecule has 2 fully saturated rings. The first-order chi connectivity index (χ1) is 13.7. The van der Waals surface area contributed by atoms with Gasteiger partial charge in [0, 0.05) is 16.3 Å². The van der Waals surface area contributed by atoms with Gasteiger partial charge in [0.2, 0.25) is 0 Å². The van der Waals surface area contributed by atoms with E-state index in [-0.39, 0.29) is 0 Å². The van der Waals surface area contributed by atoms with Gasteiger partial charge in [0.05, 0.1) is 11.6 Å². The normalized spacial score (nSPS) is 29.6. The summed E-state index contributed by atoms with van der Waals surface area (Å²) in [6.45, 7) is 2.43. The van der Waals surface area contributed by atoms with Crippen molar-refractivity contribution in [1.82, 2.24) is 9.97 Å². The summed E-state index contributed by atoms with van der Waals surface area (Å²) in [5, 5.41) is 0. The van der Waals surface area contributed by atoms with Gasteiger partial charge in [-0.25, -0.2) is 4.98 Å². The van der Waals surface area contributed by atoms with Crippen LogP contribution in [-0.4, -0.2) is 20.0 Å². The molecule has 2 saturated carbocycles. The summed E-state index contributed by atoms with van der Waals surface area (Å²) in [7, 11) is 0. The second-order valence-electron chi connectivity index (χ2n) is 8.96. The standard InChI is InChI=1S/C24H33IN2O/c1-17-6-4-2-3-5-7-18(14-17)19-15-22-24(27-13-12-26-22)23(16-19)28-21-10-8-20(25)9-11-21/h12-13,15-18,20-21H,2-11,14H2,1H3/t17?,18?,20-,21+. The third-order valence-corrected chi connectivity index (χ3v) is 7.86. The Labute approximate surface area is 183 Å². The molecule has 152 valence electrons. The van der Waals surface area contributed by atoms with E-state index in [4.69, 9.17) is 4.74 Å². The second-order valence-corrected chi connectivity index (χ2v) is 10.7. The van der Waals surface area contributed by atoms with Crippen molar-refractivity contribution in [2.24, 2.45) is 5.92 Å². The van der Waals surface area contributed by atoms with Gasteiger partial charge < -0.3 is 4.74 Å². The van der Waals surface area contributed by atoms with Crippen LogP contribution in [0, 0.1) is 5.92 Å². The fraction of sp³-hybridized carbons (Fsp3) is 0.667. The van der Waals surface area contributed by atoms with Crippen molar-refractivity contribution < 1.29 is 4.74 Å². The summed E-state index contributed by atoms with van der Waals surface area (Å²) in [5.41, 5.74) is 3.34. The van der Waals surface area contributed by atoms with E-state index in [0.717, 1.165) is 39.5 Å². The van der Waals surface area contributed by atoms with E-state index in [0.29, 0.717) is 12.0 Å². The Balaban J connectivity index is 1.62. The molecule has 0 N–H and O–H groups in total. The fourth-order valence-electron chi connectivity index (χ4n) is 4.97. The lowest BCUT2D eigenvalue weighted by atomic mass is 9.85. The quantitative estimate of drug-likeness (QED) is 0.335. The highest BCUT2D eigenvalue weighted by Gasteiger charge is 2.23. The largest absolute Gasteiger partial charge is 0.488 e. The summed E-state index contributed by atoms with van der Waals surface area (Å²) in [4.78, 5) is 9.26. The highest BCUT2D eigenvalue weighted by molar-refractivity contribution is 14.1. The number of nitrogens with zero attached hydrogens (tertiary/aromatic N) is 2. The van der Waals surface area contributed by atoms with Gasteiger partial charge in [-0.05, 0) is 68.1 Å². The maximum absolute atomic E-state index is 6.55. The molecule has 2 atom stereocenters. The van der Waals surface area contributed by atoms with Crippen LogP contribution in [0.15, 0.2) is 24.5 Å². The average molecular weight is 492 g/mol. The smallest absolute Gasteiger partial charge is 0.147 e. The van der Waals surface area contributed by atoms with E-state index in [9.17, 15) is 0 Å². The first kappa shape index (κ1) is 20.4. The van der Waals surface area contributed by atoms with Crippen LogP contribution in [-0.2, 0) is 0 Å². The molecule has 1 aromatic heterocycles. The van der Waals surface area contributed by atoms with Crippen LogP contribution in [0.4, 0.5) is 0 Å². The molecule has 0 radical (unpaired) electrons. The minimum atomic E-state index is 0.325. The predicted octanol–water partition coefficient (Wildman–Crippen LogP) is 7.22. The highest BCUT2D eigenvalue weighted by atomic mass is 127. The monoisotopic (exact) mass is 492 g/mol. The third kappa shape index (κ3) is 5.17. The molecule has 0 bridgehead atoms. The van der Waals surface area contributed by atoms with Gasteiger partial charge in [0.1, 0.15) is 11.3 Å². The number of hydrogen-bond donors (Lipinski definition) is 0. The summed E-state index contributed by atoms with van der Waals surface area (Å²) in [6, 6.07) is 4.59. The summed E-state index contributed by atoms with van der Waals surface area (Å²) < 4.78 is 7.36. The molecule has 2 unspecified atom stereocenters. The molecule has 2 aromatic rings. The Morgan fingerprint density at radius 3 is 2.46 bits per heavy atom. The zero-order valence-electron chi connectivity index (χ0n) is 17.1. The van der Waals surface area contributed by atoms with Gasteiger partial charge in [-0.2, -0.15) is 0 Å². The Morgan fingerprint density at radius 2 is 1.64 bits per heavy atom. The molecule has 0 amide bonds. The molecule has 1 heterocycles. The van der Waals surface area contributed by atoms with Gasteiger partial charge in [0.15, 0.2) is 0 Å². The first-order valence-electron chi connectivity index (χ1n) is 11.2. The number of benzene rings is 1. The maximum atomic E-state index is 6.55. The summed E-state index contributed by atoms with van der Waals surface area (Å²) >= 11 is 2.58. The van der Waals surface area contributed by atoms with Crippen LogP contribution < -0.4 is 4.74 Å². The van der Waals surface area contributed by atoms with E-state index in [1.807, 2.05) is 6.20 Å². The van der Waals surface area contributed by atoms with Crippen LogP contribution in [0.1, 0.15) is 89.0 Å². The zero-order valence-corrected chi connectivity index (χ0v) is 19.2. The van der Waals surface area contributed by atoms with Gasteiger partial charge in [-0.3, -0.25) is 4.98 Å². The van der Waals surface area contributed by atoms with E-state index in [1.54, 1.807) is 6.20 Å². The number of rotatable bonds is 3. The maximum Gasteiger partial charge on any atom is 0.147 e. The van der Waals surface area contributed by atoms with Crippen molar-refractivity contribution in [3.05, 3.63) is 30.1 Å². The molecule has 0 spiro atoms. The highest BCUT2D eigenvalue weighted by Crippen LogP contribution is 2.38. The van der Waals surface area contributed by atoms with E-state index >= 15 is 0 Å². The molecule has 2 aliphatic carbocycles. The number of hydrogen-bond acceptors (Lipinski definition) is 3. The van der Waals surface area contributed by atoms with Crippen molar-refractivity contribution in [1.29, 1.82) is 0 Å². The molecular formula is C24H33IN2O. The minimum absolute atomic E-state index is 0.325. The Morgan fingerprint density at radius 1 is 0.893 bits per heavy atom. The second kappa shape index (κ2) is 9.73. The SMILES string of the molecule is CC1CCCCCCC(c2cc(O[C@H]3CC[C@@H](I)CC3)c3nccnc3c2)C1. The van der Waals surface area contributed by atoms with Crippen molar-refractivity contribution in [3.63, 3.8) is 0 Å². The molecule has 2 aliphatic rings. The minimum Gasteiger partial charge on any atom is -0.488 e. The molecule has 1 aromatic carbocycles. The molecular weight excluding hydrogens is 459 g/mol. The van der Waals surface area contributed by atoms with Gasteiger partial charge in [-0.1, -0.05) is 61.6 Å². The van der Waals surface area contributed by atoms with Crippen molar-refractivity contribution in [2.75, 3.05) is 0 Å². The van der Waals surface area contributed by atoms with Gasteiger partial charge in [-0.15, -0.1) is 0 Å². The van der Waals surface area contributed by atoms with Gasteiger partial charge in [0.25, 0.3) is 0 Å². The lowest BCUT2D eigenvalue weighted by Crippen LogP contribution is -2.24.